The minimum atomic E-state index is -1.11. The van der Waals surface area contributed by atoms with Crippen molar-refractivity contribution in [2.75, 3.05) is 6.54 Å². The quantitative estimate of drug-likeness (QED) is 0.148. The molecular weight excluding hydrogens is 604 g/mol. The van der Waals surface area contributed by atoms with Crippen LogP contribution in [0.4, 0.5) is 0 Å². The second kappa shape index (κ2) is 15.7. The highest BCUT2D eigenvalue weighted by Gasteiger charge is 2.34. The van der Waals surface area contributed by atoms with E-state index in [1.54, 1.807) is 17.0 Å². The largest absolute Gasteiger partial charge is 0.508 e. The number of amides is 2. The molecule has 2 amide bonds. The lowest BCUT2D eigenvalue weighted by molar-refractivity contribution is -0.142. The van der Waals surface area contributed by atoms with E-state index in [2.05, 4.69) is 16.7 Å². The van der Waals surface area contributed by atoms with E-state index < -0.39 is 30.0 Å². The fraction of sp³-hybridized carbons (Fsp3) is 0.308. The number of nitrogens with zero attached hydrogens (tertiary/aromatic N) is 1. The van der Waals surface area contributed by atoms with Gasteiger partial charge < -0.3 is 31.5 Å². The van der Waals surface area contributed by atoms with Gasteiger partial charge in [-0.2, -0.15) is 0 Å². The normalized spacial score (nSPS) is 16.0. The van der Waals surface area contributed by atoms with Crippen LogP contribution in [-0.4, -0.2) is 63.6 Å². The zero-order chi connectivity index (χ0) is 34.2. The Morgan fingerprint density at radius 1 is 0.812 bits per heavy atom. The number of rotatable bonds is 13. The van der Waals surface area contributed by atoms with E-state index in [0.717, 1.165) is 38.9 Å². The van der Waals surface area contributed by atoms with Crippen molar-refractivity contribution in [3.8, 4) is 5.75 Å². The van der Waals surface area contributed by atoms with E-state index in [-0.39, 0.29) is 24.1 Å². The van der Waals surface area contributed by atoms with Crippen molar-refractivity contribution >= 4 is 17.8 Å². The van der Waals surface area contributed by atoms with Crippen molar-refractivity contribution in [3.05, 3.63) is 136 Å². The molecule has 0 spiro atoms. The Bertz CT molecular complexity index is 1710. The van der Waals surface area contributed by atoms with E-state index in [9.17, 15) is 24.6 Å². The first-order valence-electron chi connectivity index (χ1n) is 16.4. The number of carbonyl (C=O) groups is 3. The SMILES string of the molecule is Cc1cc(O)cc(C)c1C[C@H](N)C(=O)N1Cc2ccccc2C[C@H]1CN[C@@H](Cc1ccccc1)C(=O)N[C@@H](Cc1ccccc1)C(=O)O. The molecule has 9 nitrogen and oxygen atoms in total. The molecule has 4 aromatic rings. The van der Waals surface area contributed by atoms with Gasteiger partial charge in [-0.15, -0.1) is 0 Å². The zero-order valence-corrected chi connectivity index (χ0v) is 27.4. The number of hydrogen-bond acceptors (Lipinski definition) is 6. The Kier molecular flexibility index (Phi) is 11.3. The molecule has 0 fully saturated rings. The highest BCUT2D eigenvalue weighted by atomic mass is 16.4. The summed E-state index contributed by atoms with van der Waals surface area (Å²) < 4.78 is 0. The molecule has 0 aromatic heterocycles. The molecule has 4 atom stereocenters. The molecule has 0 bridgehead atoms. The number of aryl methyl sites for hydroxylation is 2. The van der Waals surface area contributed by atoms with Gasteiger partial charge in [0, 0.05) is 25.6 Å². The molecule has 0 unspecified atom stereocenters. The van der Waals surface area contributed by atoms with Gasteiger partial charge in [0.25, 0.3) is 0 Å². The number of phenolic OH excluding ortho intramolecular Hbond substituents is 1. The van der Waals surface area contributed by atoms with Crippen LogP contribution in [0, 0.1) is 13.8 Å². The van der Waals surface area contributed by atoms with Crippen molar-refractivity contribution < 1.29 is 24.6 Å². The molecule has 0 saturated carbocycles. The molecule has 1 aliphatic heterocycles. The van der Waals surface area contributed by atoms with Crippen LogP contribution in [0.2, 0.25) is 0 Å². The Hall–Kier alpha value is -4.99. The van der Waals surface area contributed by atoms with Crippen LogP contribution >= 0.6 is 0 Å². The van der Waals surface area contributed by atoms with Gasteiger partial charge in [0.2, 0.25) is 11.8 Å². The Labute approximate surface area is 281 Å². The third-order valence-electron chi connectivity index (χ3n) is 9.16. The predicted molar refractivity (Wildman–Crippen MR) is 185 cm³/mol. The minimum Gasteiger partial charge on any atom is -0.508 e. The van der Waals surface area contributed by atoms with Crippen LogP contribution in [0.1, 0.15) is 38.9 Å². The van der Waals surface area contributed by atoms with Gasteiger partial charge in [0.05, 0.1) is 12.1 Å². The van der Waals surface area contributed by atoms with Crippen molar-refractivity contribution in [2.45, 2.75) is 70.2 Å². The van der Waals surface area contributed by atoms with Gasteiger partial charge in [-0.05, 0) is 84.2 Å². The number of carboxylic acid groups (broad SMARTS) is 1. The number of aromatic hydroxyl groups is 1. The molecule has 4 aromatic carbocycles. The number of benzene rings is 4. The first-order valence-corrected chi connectivity index (χ1v) is 16.4. The molecular formula is C39H44N4O5. The maximum atomic E-state index is 14.1. The standard InChI is InChI=1S/C39H44N4O5/c1-25-17-32(44)18-26(2)33(25)22-34(40)38(46)43-24-30-16-10-9-15-29(30)21-31(43)23-41-35(19-27-11-5-3-6-12-27)37(45)42-36(39(47)48)20-28-13-7-4-8-14-28/h3-18,31,34-36,41,44H,19-24,40H2,1-2H3,(H,42,45)(H,47,48)/t31-,34-,35-,36-/m0/s1. The summed E-state index contributed by atoms with van der Waals surface area (Å²) in [5, 5.41) is 26.1. The monoisotopic (exact) mass is 648 g/mol. The van der Waals surface area contributed by atoms with Crippen LogP contribution in [0.3, 0.4) is 0 Å². The number of fused-ring (bicyclic) bond motifs is 1. The summed E-state index contributed by atoms with van der Waals surface area (Å²) in [6, 6.07) is 27.2. The van der Waals surface area contributed by atoms with Crippen LogP contribution in [0.25, 0.3) is 0 Å². The highest BCUT2D eigenvalue weighted by Crippen LogP contribution is 2.26. The smallest absolute Gasteiger partial charge is 0.326 e. The van der Waals surface area contributed by atoms with E-state index >= 15 is 0 Å². The molecule has 0 saturated heterocycles. The molecule has 9 heteroatoms. The van der Waals surface area contributed by atoms with Crippen molar-refractivity contribution in [3.63, 3.8) is 0 Å². The van der Waals surface area contributed by atoms with Gasteiger partial charge in [0.1, 0.15) is 11.8 Å². The maximum absolute atomic E-state index is 14.1. The number of nitrogens with two attached hydrogens (primary N) is 1. The summed E-state index contributed by atoms with van der Waals surface area (Å²) >= 11 is 0. The minimum absolute atomic E-state index is 0.152. The number of nitrogens with one attached hydrogen (secondary N) is 2. The molecule has 250 valence electrons. The summed E-state index contributed by atoms with van der Waals surface area (Å²) in [5.41, 5.74) is 13.2. The first kappa shape index (κ1) is 34.3. The summed E-state index contributed by atoms with van der Waals surface area (Å²) in [6.07, 6.45) is 1.39. The third-order valence-corrected chi connectivity index (χ3v) is 9.16. The second-order valence-corrected chi connectivity index (χ2v) is 12.7. The van der Waals surface area contributed by atoms with Crippen LogP contribution in [0.5, 0.6) is 5.75 Å². The second-order valence-electron chi connectivity index (χ2n) is 12.7. The molecule has 48 heavy (non-hydrogen) atoms. The van der Waals surface area contributed by atoms with Crippen LogP contribution in [-0.2, 0) is 46.6 Å². The number of phenols is 1. The van der Waals surface area contributed by atoms with E-state index in [4.69, 9.17) is 5.73 Å². The van der Waals surface area contributed by atoms with Gasteiger partial charge in [0.15, 0.2) is 0 Å². The topological polar surface area (TPSA) is 145 Å². The van der Waals surface area contributed by atoms with Gasteiger partial charge in [-0.1, -0.05) is 84.9 Å². The summed E-state index contributed by atoms with van der Waals surface area (Å²) in [4.78, 5) is 41.9. The lowest BCUT2D eigenvalue weighted by Crippen LogP contribution is -2.57. The average Bonchev–Trinajstić information content (AvgIpc) is 3.07. The number of carboxylic acids is 1. The van der Waals surface area contributed by atoms with Gasteiger partial charge in [-0.25, -0.2) is 4.79 Å². The summed E-state index contributed by atoms with van der Waals surface area (Å²) in [6.45, 7) is 4.48. The van der Waals surface area contributed by atoms with E-state index in [1.165, 1.54) is 0 Å². The lowest BCUT2D eigenvalue weighted by Gasteiger charge is -2.39. The number of hydrogen-bond donors (Lipinski definition) is 5. The van der Waals surface area contributed by atoms with Crippen molar-refractivity contribution in [1.29, 1.82) is 0 Å². The van der Waals surface area contributed by atoms with E-state index in [0.29, 0.717) is 32.4 Å². The molecule has 0 radical (unpaired) electrons. The van der Waals surface area contributed by atoms with Gasteiger partial charge >= 0.3 is 5.97 Å². The first-order chi connectivity index (χ1) is 23.1. The maximum Gasteiger partial charge on any atom is 0.326 e. The van der Waals surface area contributed by atoms with Crippen LogP contribution in [0.15, 0.2) is 97.1 Å². The molecule has 5 rings (SSSR count). The molecule has 6 N–H and O–H groups in total. The Balaban J connectivity index is 1.36. The fourth-order valence-corrected chi connectivity index (χ4v) is 6.55. The Morgan fingerprint density at radius 2 is 1.35 bits per heavy atom. The van der Waals surface area contributed by atoms with E-state index in [1.807, 2.05) is 92.7 Å². The molecule has 1 aliphatic rings. The molecule has 1 heterocycles. The van der Waals surface area contributed by atoms with Crippen LogP contribution < -0.4 is 16.4 Å². The predicted octanol–water partition coefficient (Wildman–Crippen LogP) is 3.85. The van der Waals surface area contributed by atoms with Crippen molar-refractivity contribution in [2.24, 2.45) is 5.73 Å². The fourth-order valence-electron chi connectivity index (χ4n) is 6.55. The third kappa shape index (κ3) is 8.67. The number of aliphatic carboxylic acids is 1. The van der Waals surface area contributed by atoms with Gasteiger partial charge in [-0.3, -0.25) is 9.59 Å². The van der Waals surface area contributed by atoms with Crippen molar-refractivity contribution in [1.82, 2.24) is 15.5 Å². The highest BCUT2D eigenvalue weighted by molar-refractivity contribution is 5.87. The molecule has 0 aliphatic carbocycles. The summed E-state index contributed by atoms with van der Waals surface area (Å²) in [5.74, 6) is -1.55. The lowest BCUT2D eigenvalue weighted by atomic mass is 9.91. The number of carbonyl (C=O) groups excluding carboxylic acids is 2. The Morgan fingerprint density at radius 3 is 1.94 bits per heavy atom. The average molecular weight is 649 g/mol. The summed E-state index contributed by atoms with van der Waals surface area (Å²) in [7, 11) is 0. The zero-order valence-electron chi connectivity index (χ0n) is 27.4.